The monoisotopic (exact) mass is 317 g/mol. The Bertz CT molecular complexity index is 467. The van der Waals surface area contributed by atoms with E-state index in [4.69, 9.17) is 0 Å². The number of rotatable bonds is 2. The molecule has 4 rings (SSSR count). The molecule has 0 unspecified atom stereocenters. The van der Waals surface area contributed by atoms with E-state index in [1.165, 1.54) is 0 Å². The van der Waals surface area contributed by atoms with Gasteiger partial charge in [-0.1, -0.05) is 0 Å². The molecule has 3 aliphatic heterocycles. The Hall–Kier alpha value is -0.820. The van der Waals surface area contributed by atoms with Crippen LogP contribution in [0.15, 0.2) is 0 Å². The van der Waals surface area contributed by atoms with Gasteiger partial charge in [0.2, 0.25) is 5.91 Å². The second-order valence-electron chi connectivity index (χ2n) is 7.73. The highest BCUT2D eigenvalue weighted by atomic mass is 19.3. The van der Waals surface area contributed by atoms with Gasteiger partial charge in [0.15, 0.2) is 0 Å². The van der Waals surface area contributed by atoms with E-state index < -0.39 is 5.92 Å². The average molecular weight is 317 g/mol. The topological polar surface area (TPSA) is 26.8 Å². The van der Waals surface area contributed by atoms with Gasteiger partial charge in [-0.15, -0.1) is 9.60 Å². The molecule has 1 aliphatic carbocycles. The largest absolute Gasteiger partial charge is 0.341 e. The summed E-state index contributed by atoms with van der Waals surface area (Å²) in [6.07, 6.45) is 1.93. The second-order valence-corrected chi connectivity index (χ2v) is 7.73. The third-order valence-corrected chi connectivity index (χ3v) is 5.78. The lowest BCUT2D eigenvalue weighted by Crippen LogP contribution is -2.72. The normalized spacial score (nSPS) is 37.3. The standard InChI is InChI=1S/C15H22F3N3O/c16-15(17)2-1-3-19(10-15)12-4-11(5-12)13(22)20-6-14(7-20)8-21(18)9-14/h11-12H,1-10H2. The summed E-state index contributed by atoms with van der Waals surface area (Å²) in [6, 6.07) is 0.139. The Morgan fingerprint density at radius 1 is 1.05 bits per heavy atom. The molecular weight excluding hydrogens is 295 g/mol. The summed E-state index contributed by atoms with van der Waals surface area (Å²) in [6.45, 7) is 2.77. The predicted octanol–water partition coefficient (Wildman–Crippen LogP) is 1.52. The molecule has 1 saturated carbocycles. The van der Waals surface area contributed by atoms with E-state index >= 15 is 0 Å². The maximum Gasteiger partial charge on any atom is 0.260 e. The van der Waals surface area contributed by atoms with E-state index in [-0.39, 0.29) is 36.2 Å². The van der Waals surface area contributed by atoms with Crippen LogP contribution in [0.5, 0.6) is 0 Å². The first kappa shape index (κ1) is 14.8. The number of nitrogens with zero attached hydrogens (tertiary/aromatic N) is 3. The highest BCUT2D eigenvalue weighted by Crippen LogP contribution is 2.43. The van der Waals surface area contributed by atoms with Crippen molar-refractivity contribution in [2.45, 2.75) is 37.6 Å². The van der Waals surface area contributed by atoms with Crippen LogP contribution in [-0.2, 0) is 4.79 Å². The van der Waals surface area contributed by atoms with Gasteiger partial charge in [0.25, 0.3) is 5.92 Å². The SMILES string of the molecule is O=C(C1CC(N2CCCC(F)(F)C2)C1)N1CC2(CN(F)C2)C1. The van der Waals surface area contributed by atoms with Crippen molar-refractivity contribution in [2.24, 2.45) is 11.3 Å². The highest BCUT2D eigenvalue weighted by molar-refractivity contribution is 5.81. The summed E-state index contributed by atoms with van der Waals surface area (Å²) in [5.41, 5.74) is 0.00247. The van der Waals surface area contributed by atoms with Crippen molar-refractivity contribution in [1.82, 2.24) is 14.9 Å². The lowest BCUT2D eigenvalue weighted by molar-refractivity contribution is -0.202. The zero-order valence-corrected chi connectivity index (χ0v) is 12.6. The van der Waals surface area contributed by atoms with Gasteiger partial charge in [0, 0.05) is 50.0 Å². The summed E-state index contributed by atoms with van der Waals surface area (Å²) >= 11 is 0. The minimum Gasteiger partial charge on any atom is -0.341 e. The van der Waals surface area contributed by atoms with Crippen LogP contribution >= 0.6 is 0 Å². The lowest BCUT2D eigenvalue weighted by Gasteiger charge is -2.58. The Morgan fingerprint density at radius 3 is 2.32 bits per heavy atom. The van der Waals surface area contributed by atoms with Gasteiger partial charge in [-0.05, 0) is 25.8 Å². The molecule has 4 fully saturated rings. The summed E-state index contributed by atoms with van der Waals surface area (Å²) < 4.78 is 39.6. The molecule has 4 nitrogen and oxygen atoms in total. The minimum absolute atomic E-state index is 0.00247. The molecule has 4 aliphatic rings. The van der Waals surface area contributed by atoms with Crippen LogP contribution in [-0.4, -0.2) is 72.1 Å². The van der Waals surface area contributed by atoms with Gasteiger partial charge < -0.3 is 4.90 Å². The van der Waals surface area contributed by atoms with E-state index in [0.29, 0.717) is 45.4 Å². The molecule has 0 aromatic heterocycles. The Morgan fingerprint density at radius 2 is 1.73 bits per heavy atom. The fourth-order valence-electron chi connectivity index (χ4n) is 4.45. The number of hydrogen-bond acceptors (Lipinski definition) is 3. The zero-order chi connectivity index (χ0) is 15.5. The van der Waals surface area contributed by atoms with Crippen molar-refractivity contribution in [3.63, 3.8) is 0 Å². The maximum absolute atomic E-state index is 13.4. The molecule has 0 N–H and O–H groups in total. The number of alkyl halides is 2. The molecule has 0 aromatic rings. The molecule has 0 radical (unpaired) electrons. The van der Waals surface area contributed by atoms with Crippen LogP contribution in [0.25, 0.3) is 0 Å². The van der Waals surface area contributed by atoms with E-state index in [1.807, 2.05) is 9.80 Å². The van der Waals surface area contributed by atoms with Gasteiger partial charge >= 0.3 is 0 Å². The van der Waals surface area contributed by atoms with Gasteiger partial charge in [-0.3, -0.25) is 9.69 Å². The molecule has 124 valence electrons. The second kappa shape index (κ2) is 4.84. The van der Waals surface area contributed by atoms with E-state index in [9.17, 15) is 18.1 Å². The molecule has 0 atom stereocenters. The van der Waals surface area contributed by atoms with Crippen molar-refractivity contribution in [3.8, 4) is 0 Å². The van der Waals surface area contributed by atoms with Crippen LogP contribution in [0.1, 0.15) is 25.7 Å². The third kappa shape index (κ3) is 2.42. The summed E-state index contributed by atoms with van der Waals surface area (Å²) in [5, 5.41) is 0.789. The van der Waals surface area contributed by atoms with Gasteiger partial charge in [-0.2, -0.15) is 0 Å². The molecule has 7 heteroatoms. The minimum atomic E-state index is -2.57. The summed E-state index contributed by atoms with van der Waals surface area (Å²) in [5.74, 6) is -2.44. The van der Waals surface area contributed by atoms with Gasteiger partial charge in [0.05, 0.1) is 6.54 Å². The predicted molar refractivity (Wildman–Crippen MR) is 74.0 cm³/mol. The summed E-state index contributed by atoms with van der Waals surface area (Å²) in [4.78, 5) is 16.0. The smallest absolute Gasteiger partial charge is 0.260 e. The van der Waals surface area contributed by atoms with E-state index in [1.54, 1.807) is 0 Å². The van der Waals surface area contributed by atoms with E-state index in [2.05, 4.69) is 0 Å². The van der Waals surface area contributed by atoms with Crippen molar-refractivity contribution in [1.29, 1.82) is 0 Å². The van der Waals surface area contributed by atoms with Crippen molar-refractivity contribution >= 4 is 5.91 Å². The molecule has 1 spiro atoms. The lowest BCUT2D eigenvalue weighted by atomic mass is 9.71. The number of amides is 1. The van der Waals surface area contributed by atoms with Crippen LogP contribution in [0.2, 0.25) is 0 Å². The molecule has 1 amide bonds. The van der Waals surface area contributed by atoms with E-state index in [0.717, 1.165) is 11.7 Å². The number of halogens is 3. The van der Waals surface area contributed by atoms with Crippen molar-refractivity contribution < 1.29 is 18.1 Å². The summed E-state index contributed by atoms with van der Waals surface area (Å²) in [7, 11) is 0. The fraction of sp³-hybridized carbons (Fsp3) is 0.933. The average Bonchev–Trinajstić information content (AvgIpc) is 2.28. The first-order valence-electron chi connectivity index (χ1n) is 8.17. The first-order chi connectivity index (χ1) is 10.4. The van der Waals surface area contributed by atoms with Crippen LogP contribution in [0, 0.1) is 11.3 Å². The highest BCUT2D eigenvalue weighted by Gasteiger charge is 2.55. The molecule has 0 bridgehead atoms. The molecule has 3 heterocycles. The maximum atomic E-state index is 13.4. The number of carbonyl (C=O) groups excluding carboxylic acids is 1. The fourth-order valence-corrected chi connectivity index (χ4v) is 4.45. The third-order valence-electron chi connectivity index (χ3n) is 5.78. The molecular formula is C15H22F3N3O. The number of hydrogen-bond donors (Lipinski definition) is 0. The van der Waals surface area contributed by atoms with Crippen LogP contribution < -0.4 is 0 Å². The van der Waals surface area contributed by atoms with Crippen molar-refractivity contribution in [2.75, 3.05) is 39.3 Å². The Kier molecular flexibility index (Phi) is 3.24. The quantitative estimate of drug-likeness (QED) is 0.723. The van der Waals surface area contributed by atoms with Gasteiger partial charge in [0.1, 0.15) is 0 Å². The van der Waals surface area contributed by atoms with Crippen LogP contribution in [0.3, 0.4) is 0 Å². The number of likely N-dealkylation sites (tertiary alicyclic amines) is 2. The first-order valence-corrected chi connectivity index (χ1v) is 8.17. The zero-order valence-electron chi connectivity index (χ0n) is 12.6. The molecule has 22 heavy (non-hydrogen) atoms. The molecule has 0 aromatic carbocycles. The number of piperidine rings is 1. The van der Waals surface area contributed by atoms with Crippen molar-refractivity contribution in [3.05, 3.63) is 0 Å². The van der Waals surface area contributed by atoms with Gasteiger partial charge in [-0.25, -0.2) is 8.78 Å². The molecule has 3 saturated heterocycles. The Labute approximate surface area is 128 Å². The Balaban J connectivity index is 1.23. The van der Waals surface area contributed by atoms with Crippen LogP contribution in [0.4, 0.5) is 13.3 Å². The number of carbonyl (C=O) groups is 1.